The van der Waals surface area contributed by atoms with Crippen molar-refractivity contribution < 1.29 is 9.90 Å². The van der Waals surface area contributed by atoms with E-state index >= 15 is 0 Å². The summed E-state index contributed by atoms with van der Waals surface area (Å²) in [5, 5.41) is 13.8. The second-order valence-corrected chi connectivity index (χ2v) is 11.6. The minimum absolute atomic E-state index is 0.0751. The lowest BCUT2D eigenvalue weighted by Gasteiger charge is -2.57. The van der Waals surface area contributed by atoms with Crippen LogP contribution >= 0.6 is 0 Å². The minimum Gasteiger partial charge on any atom is -0.390 e. The van der Waals surface area contributed by atoms with E-state index in [4.69, 9.17) is 0 Å². The Morgan fingerprint density at radius 3 is 2.53 bits per heavy atom. The van der Waals surface area contributed by atoms with Crippen LogP contribution in [0.3, 0.4) is 0 Å². The molecule has 0 aliphatic heterocycles. The van der Waals surface area contributed by atoms with Crippen LogP contribution < -0.4 is 5.32 Å². The molecular weight excluding hydrogens is 370 g/mol. The summed E-state index contributed by atoms with van der Waals surface area (Å²) in [6.07, 6.45) is 11.2. The number of nitrogens with one attached hydrogen (secondary N) is 1. The van der Waals surface area contributed by atoms with E-state index in [2.05, 4.69) is 19.2 Å². The van der Waals surface area contributed by atoms with Crippen molar-refractivity contribution in [2.24, 2.45) is 40.9 Å². The van der Waals surface area contributed by atoms with Gasteiger partial charge in [0.25, 0.3) is 5.91 Å². The van der Waals surface area contributed by atoms with Crippen LogP contribution in [0.25, 0.3) is 0 Å². The van der Waals surface area contributed by atoms with Crippen molar-refractivity contribution in [3.05, 3.63) is 35.9 Å². The molecule has 4 aliphatic rings. The van der Waals surface area contributed by atoms with Crippen LogP contribution in [0.2, 0.25) is 0 Å². The Labute approximate surface area is 182 Å². The normalized spacial score (nSPS) is 45.2. The maximum Gasteiger partial charge on any atom is 0.251 e. The van der Waals surface area contributed by atoms with E-state index in [0.717, 1.165) is 54.5 Å². The molecule has 30 heavy (non-hydrogen) atoms. The highest BCUT2D eigenvalue weighted by Gasteiger charge is 2.57. The Kier molecular flexibility index (Phi) is 5.24. The molecule has 1 amide bonds. The number of hydrogen-bond donors (Lipinski definition) is 2. The number of benzene rings is 1. The standard InChI is InChI=1S/C27H39NO2/c1-26(30)14-12-21-19(16-26)8-10-23-22(21)13-15-27(2)20(9-11-24(23)27)17-28-25(29)18-6-4-3-5-7-18/h3-7,19-24,30H,8-17H2,1-2H3,(H,28,29)/t19-,20-,21+,22-,23-,24+,26-,27-/m1/s1. The van der Waals surface area contributed by atoms with Crippen molar-refractivity contribution in [2.75, 3.05) is 6.54 Å². The third-order valence-corrected chi connectivity index (χ3v) is 9.98. The first-order chi connectivity index (χ1) is 14.4. The molecule has 0 heterocycles. The summed E-state index contributed by atoms with van der Waals surface area (Å²) >= 11 is 0. The average molecular weight is 410 g/mol. The molecule has 2 N–H and O–H groups in total. The van der Waals surface area contributed by atoms with Crippen LogP contribution in [-0.2, 0) is 0 Å². The highest BCUT2D eigenvalue weighted by atomic mass is 16.3. The van der Waals surface area contributed by atoms with Crippen molar-refractivity contribution in [1.82, 2.24) is 5.32 Å². The molecule has 0 saturated heterocycles. The number of fused-ring (bicyclic) bond motifs is 5. The van der Waals surface area contributed by atoms with Crippen LogP contribution in [-0.4, -0.2) is 23.2 Å². The van der Waals surface area contributed by atoms with Gasteiger partial charge in [0, 0.05) is 12.1 Å². The summed E-state index contributed by atoms with van der Waals surface area (Å²) in [7, 11) is 0. The highest BCUT2D eigenvalue weighted by Crippen LogP contribution is 2.64. The summed E-state index contributed by atoms with van der Waals surface area (Å²) in [6.45, 7) is 5.42. The van der Waals surface area contributed by atoms with Gasteiger partial charge in [0.15, 0.2) is 0 Å². The van der Waals surface area contributed by atoms with Crippen molar-refractivity contribution in [2.45, 2.75) is 77.2 Å². The molecule has 0 radical (unpaired) electrons. The van der Waals surface area contributed by atoms with Crippen molar-refractivity contribution in [1.29, 1.82) is 0 Å². The number of amides is 1. The number of carbonyl (C=O) groups is 1. The average Bonchev–Trinajstić information content (AvgIpc) is 3.08. The summed E-state index contributed by atoms with van der Waals surface area (Å²) < 4.78 is 0. The van der Waals surface area contributed by atoms with E-state index in [1.54, 1.807) is 0 Å². The maximum atomic E-state index is 12.6. The second-order valence-electron chi connectivity index (χ2n) is 11.6. The van der Waals surface area contributed by atoms with E-state index in [0.29, 0.717) is 11.3 Å². The zero-order chi connectivity index (χ0) is 20.9. The third-order valence-electron chi connectivity index (χ3n) is 9.98. The van der Waals surface area contributed by atoms with E-state index in [1.807, 2.05) is 30.3 Å². The minimum atomic E-state index is -0.424. The van der Waals surface area contributed by atoms with Crippen molar-refractivity contribution in [3.63, 3.8) is 0 Å². The van der Waals surface area contributed by atoms with Gasteiger partial charge in [-0.3, -0.25) is 4.79 Å². The molecule has 164 valence electrons. The topological polar surface area (TPSA) is 49.3 Å². The molecule has 0 spiro atoms. The van der Waals surface area contributed by atoms with Crippen LogP contribution in [0, 0.1) is 40.9 Å². The molecule has 0 aromatic heterocycles. The van der Waals surface area contributed by atoms with E-state index in [-0.39, 0.29) is 5.91 Å². The lowest BCUT2D eigenvalue weighted by Crippen LogP contribution is -2.51. The fourth-order valence-corrected chi connectivity index (χ4v) is 8.43. The molecule has 0 bridgehead atoms. The fraction of sp³-hybridized carbons (Fsp3) is 0.741. The zero-order valence-electron chi connectivity index (χ0n) is 18.8. The summed E-state index contributed by atoms with van der Waals surface area (Å²) in [4.78, 5) is 12.6. The Hall–Kier alpha value is -1.35. The van der Waals surface area contributed by atoms with Crippen LogP contribution in [0.5, 0.6) is 0 Å². The number of aliphatic hydroxyl groups is 1. The van der Waals surface area contributed by atoms with Crippen LogP contribution in [0.4, 0.5) is 0 Å². The number of hydrogen-bond acceptors (Lipinski definition) is 2. The molecule has 4 fully saturated rings. The number of carbonyl (C=O) groups excluding carboxylic acids is 1. The zero-order valence-corrected chi connectivity index (χ0v) is 18.8. The first-order valence-corrected chi connectivity index (χ1v) is 12.4. The second kappa shape index (κ2) is 7.65. The van der Waals surface area contributed by atoms with Crippen molar-refractivity contribution in [3.8, 4) is 0 Å². The van der Waals surface area contributed by atoms with Gasteiger partial charge >= 0.3 is 0 Å². The van der Waals surface area contributed by atoms with Gasteiger partial charge in [0.05, 0.1) is 5.60 Å². The van der Waals surface area contributed by atoms with Gasteiger partial charge in [-0.05, 0) is 118 Å². The first kappa shape index (κ1) is 20.5. The Bertz CT molecular complexity index is 774. The largest absolute Gasteiger partial charge is 0.390 e. The van der Waals surface area contributed by atoms with Crippen LogP contribution in [0.1, 0.15) is 82.0 Å². The van der Waals surface area contributed by atoms with Gasteiger partial charge in [-0.15, -0.1) is 0 Å². The predicted octanol–water partition coefficient (Wildman–Crippen LogP) is 5.44. The predicted molar refractivity (Wildman–Crippen MR) is 120 cm³/mol. The van der Waals surface area contributed by atoms with Gasteiger partial charge in [-0.1, -0.05) is 25.1 Å². The molecular formula is C27H39NO2. The molecule has 3 nitrogen and oxygen atoms in total. The molecule has 0 unspecified atom stereocenters. The van der Waals surface area contributed by atoms with Crippen LogP contribution in [0.15, 0.2) is 30.3 Å². The Morgan fingerprint density at radius 2 is 1.73 bits per heavy atom. The van der Waals surface area contributed by atoms with Gasteiger partial charge in [-0.2, -0.15) is 0 Å². The molecule has 8 atom stereocenters. The summed E-state index contributed by atoms with van der Waals surface area (Å²) in [5.41, 5.74) is 0.734. The molecule has 3 heteroatoms. The lowest BCUT2D eigenvalue weighted by atomic mass is 9.49. The van der Waals surface area contributed by atoms with E-state index in [1.165, 1.54) is 44.9 Å². The van der Waals surface area contributed by atoms with E-state index in [9.17, 15) is 9.90 Å². The number of rotatable bonds is 3. The molecule has 1 aromatic rings. The summed E-state index contributed by atoms with van der Waals surface area (Å²) in [6, 6.07) is 9.63. The quantitative estimate of drug-likeness (QED) is 0.699. The molecule has 5 rings (SSSR count). The van der Waals surface area contributed by atoms with Gasteiger partial charge in [-0.25, -0.2) is 0 Å². The molecule has 1 aromatic carbocycles. The maximum absolute atomic E-state index is 12.6. The fourth-order valence-electron chi connectivity index (χ4n) is 8.43. The van der Waals surface area contributed by atoms with E-state index < -0.39 is 5.60 Å². The van der Waals surface area contributed by atoms with Gasteiger partial charge < -0.3 is 10.4 Å². The molecule has 4 aliphatic carbocycles. The Balaban J connectivity index is 1.25. The lowest BCUT2D eigenvalue weighted by molar-refractivity contribution is -0.0993. The monoisotopic (exact) mass is 409 g/mol. The summed E-state index contributed by atoms with van der Waals surface area (Å²) in [5.74, 6) is 4.89. The van der Waals surface area contributed by atoms with Gasteiger partial charge in [0.1, 0.15) is 0 Å². The van der Waals surface area contributed by atoms with Gasteiger partial charge in [0.2, 0.25) is 0 Å². The highest BCUT2D eigenvalue weighted by molar-refractivity contribution is 5.94. The smallest absolute Gasteiger partial charge is 0.251 e. The van der Waals surface area contributed by atoms with Crippen molar-refractivity contribution >= 4 is 5.91 Å². The molecule has 4 saturated carbocycles. The first-order valence-electron chi connectivity index (χ1n) is 12.4. The SMILES string of the molecule is C[C@@]1(O)CC[C@H]2[C@H](CC[C@@H]3[C@@H]2CC[C@]2(C)[C@@H](CNC(=O)c4ccccc4)CC[C@@H]32)C1. The Morgan fingerprint density at radius 1 is 0.967 bits per heavy atom. The third kappa shape index (κ3) is 3.51.